The van der Waals surface area contributed by atoms with Gasteiger partial charge in [-0.05, 0) is 47.9 Å². The number of hydrogen-bond acceptors (Lipinski definition) is 3. The smallest absolute Gasteiger partial charge is 0.124 e. The first-order valence-corrected chi connectivity index (χ1v) is 9.07. The van der Waals surface area contributed by atoms with E-state index in [0.29, 0.717) is 6.61 Å². The first kappa shape index (κ1) is 17.6. The van der Waals surface area contributed by atoms with Crippen LogP contribution >= 0.6 is 15.9 Å². The van der Waals surface area contributed by atoms with Crippen molar-refractivity contribution in [2.75, 3.05) is 0 Å². The maximum atomic E-state index is 6.09. The van der Waals surface area contributed by atoms with Gasteiger partial charge in [0.1, 0.15) is 12.4 Å². The molecule has 0 saturated carbocycles. The van der Waals surface area contributed by atoms with Crippen LogP contribution < -0.4 is 10.1 Å². The number of halogens is 1. The van der Waals surface area contributed by atoms with Gasteiger partial charge in [-0.3, -0.25) is 4.98 Å². The Morgan fingerprint density at radius 2 is 1.88 bits per heavy atom. The molecule has 0 bridgehead atoms. The van der Waals surface area contributed by atoms with Crippen molar-refractivity contribution in [2.24, 2.45) is 0 Å². The van der Waals surface area contributed by atoms with Gasteiger partial charge < -0.3 is 10.1 Å². The zero-order chi connectivity index (χ0) is 17.5. The van der Waals surface area contributed by atoms with Gasteiger partial charge >= 0.3 is 0 Å². The van der Waals surface area contributed by atoms with Crippen molar-refractivity contribution >= 4 is 15.9 Å². The summed E-state index contributed by atoms with van der Waals surface area (Å²) in [7, 11) is 0. The second kappa shape index (κ2) is 8.79. The van der Waals surface area contributed by atoms with Crippen molar-refractivity contribution in [3.8, 4) is 5.75 Å². The molecule has 4 heteroatoms. The van der Waals surface area contributed by atoms with Crippen LogP contribution in [0.25, 0.3) is 0 Å². The summed E-state index contributed by atoms with van der Waals surface area (Å²) < 4.78 is 7.14. The quantitative estimate of drug-likeness (QED) is 0.608. The first-order chi connectivity index (χ1) is 12.2. The van der Waals surface area contributed by atoms with Crippen molar-refractivity contribution < 1.29 is 4.74 Å². The van der Waals surface area contributed by atoms with E-state index in [-0.39, 0.29) is 0 Å². The molecule has 3 rings (SSSR count). The van der Waals surface area contributed by atoms with Crippen molar-refractivity contribution in [2.45, 2.75) is 26.6 Å². The Bertz CT molecular complexity index is 821. The molecule has 2 aromatic carbocycles. The fraction of sp³-hybridized carbons (Fsp3) is 0.190. The Morgan fingerprint density at radius 1 is 1.00 bits per heavy atom. The molecule has 0 spiro atoms. The number of aromatic nitrogens is 1. The molecule has 0 amide bonds. The molecule has 1 aromatic heterocycles. The Labute approximate surface area is 157 Å². The van der Waals surface area contributed by atoms with Gasteiger partial charge in [0.2, 0.25) is 0 Å². The molecule has 128 valence electrons. The number of nitrogens with zero attached hydrogens (tertiary/aromatic N) is 1. The highest BCUT2D eigenvalue weighted by Crippen LogP contribution is 2.24. The summed E-state index contributed by atoms with van der Waals surface area (Å²) in [5.41, 5.74) is 4.75. The summed E-state index contributed by atoms with van der Waals surface area (Å²) in [6.45, 7) is 4.19. The van der Waals surface area contributed by atoms with E-state index >= 15 is 0 Å². The Kier molecular flexibility index (Phi) is 6.20. The van der Waals surface area contributed by atoms with E-state index in [1.54, 1.807) is 6.20 Å². The SMILES string of the molecule is Cc1ccccc1COc1ccc(Br)cc1CNCc1cccnc1. The fourth-order valence-electron chi connectivity index (χ4n) is 2.60. The molecule has 0 unspecified atom stereocenters. The standard InChI is InChI=1S/C21H21BrN2O/c1-16-5-2-3-7-18(16)15-25-21-9-8-20(22)11-19(21)14-24-13-17-6-4-10-23-12-17/h2-12,24H,13-15H2,1H3. The second-order valence-electron chi connectivity index (χ2n) is 5.93. The fourth-order valence-corrected chi connectivity index (χ4v) is 3.01. The van der Waals surface area contributed by atoms with Gasteiger partial charge in [-0.25, -0.2) is 0 Å². The Balaban J connectivity index is 1.64. The largest absolute Gasteiger partial charge is 0.489 e. The van der Waals surface area contributed by atoms with Gasteiger partial charge in [-0.15, -0.1) is 0 Å². The summed E-state index contributed by atoms with van der Waals surface area (Å²) in [6, 6.07) is 18.5. The van der Waals surface area contributed by atoms with Crippen LogP contribution in [-0.2, 0) is 19.7 Å². The highest BCUT2D eigenvalue weighted by molar-refractivity contribution is 9.10. The molecule has 0 saturated heterocycles. The van der Waals surface area contributed by atoms with Gasteiger partial charge in [0.25, 0.3) is 0 Å². The van der Waals surface area contributed by atoms with E-state index < -0.39 is 0 Å². The number of ether oxygens (including phenoxy) is 1. The van der Waals surface area contributed by atoms with E-state index in [9.17, 15) is 0 Å². The lowest BCUT2D eigenvalue weighted by Crippen LogP contribution is -2.14. The summed E-state index contributed by atoms with van der Waals surface area (Å²) >= 11 is 3.55. The predicted octanol–water partition coefficient (Wildman–Crippen LogP) is 5.02. The topological polar surface area (TPSA) is 34.1 Å². The first-order valence-electron chi connectivity index (χ1n) is 8.28. The molecule has 0 fully saturated rings. The lowest BCUT2D eigenvalue weighted by atomic mass is 10.1. The zero-order valence-electron chi connectivity index (χ0n) is 14.2. The highest BCUT2D eigenvalue weighted by atomic mass is 79.9. The number of nitrogens with one attached hydrogen (secondary N) is 1. The molecule has 1 N–H and O–H groups in total. The van der Waals surface area contributed by atoms with E-state index in [1.165, 1.54) is 16.7 Å². The Hall–Kier alpha value is -2.17. The van der Waals surface area contributed by atoms with E-state index in [2.05, 4.69) is 57.4 Å². The van der Waals surface area contributed by atoms with Crippen molar-refractivity contribution in [1.82, 2.24) is 10.3 Å². The minimum atomic E-state index is 0.573. The van der Waals surface area contributed by atoms with E-state index in [1.807, 2.05) is 36.5 Å². The van der Waals surface area contributed by atoms with Crippen molar-refractivity contribution in [3.63, 3.8) is 0 Å². The molecule has 0 radical (unpaired) electrons. The maximum Gasteiger partial charge on any atom is 0.124 e. The van der Waals surface area contributed by atoms with Crippen LogP contribution in [0.5, 0.6) is 5.75 Å². The average molecular weight is 397 g/mol. The van der Waals surface area contributed by atoms with Crippen LogP contribution in [0.4, 0.5) is 0 Å². The lowest BCUT2D eigenvalue weighted by molar-refractivity contribution is 0.301. The molecule has 1 heterocycles. The van der Waals surface area contributed by atoms with E-state index in [4.69, 9.17) is 4.74 Å². The lowest BCUT2D eigenvalue weighted by Gasteiger charge is -2.14. The summed E-state index contributed by atoms with van der Waals surface area (Å²) in [5, 5.41) is 3.45. The number of aryl methyl sites for hydroxylation is 1. The summed E-state index contributed by atoms with van der Waals surface area (Å²) in [6.07, 6.45) is 3.67. The van der Waals surface area contributed by atoms with Gasteiger partial charge in [0.15, 0.2) is 0 Å². The summed E-state index contributed by atoms with van der Waals surface area (Å²) in [5.74, 6) is 0.908. The predicted molar refractivity (Wildman–Crippen MR) is 104 cm³/mol. The number of hydrogen-bond donors (Lipinski definition) is 1. The van der Waals surface area contributed by atoms with Crippen LogP contribution in [0.3, 0.4) is 0 Å². The number of pyridine rings is 1. The third kappa shape index (κ3) is 5.15. The van der Waals surface area contributed by atoms with Gasteiger partial charge in [-0.1, -0.05) is 46.3 Å². The molecule has 0 aliphatic carbocycles. The van der Waals surface area contributed by atoms with Gasteiger partial charge in [-0.2, -0.15) is 0 Å². The van der Waals surface area contributed by atoms with Crippen LogP contribution in [0.2, 0.25) is 0 Å². The highest BCUT2D eigenvalue weighted by Gasteiger charge is 2.06. The minimum absolute atomic E-state index is 0.573. The third-order valence-electron chi connectivity index (χ3n) is 4.03. The second-order valence-corrected chi connectivity index (χ2v) is 6.85. The summed E-state index contributed by atoms with van der Waals surface area (Å²) in [4.78, 5) is 4.14. The zero-order valence-corrected chi connectivity index (χ0v) is 15.8. The molecule has 0 atom stereocenters. The third-order valence-corrected chi connectivity index (χ3v) is 4.53. The molecular weight excluding hydrogens is 376 g/mol. The van der Waals surface area contributed by atoms with Gasteiger partial charge in [0.05, 0.1) is 0 Å². The van der Waals surface area contributed by atoms with Crippen molar-refractivity contribution in [1.29, 1.82) is 0 Å². The minimum Gasteiger partial charge on any atom is -0.489 e. The van der Waals surface area contributed by atoms with E-state index in [0.717, 1.165) is 28.9 Å². The van der Waals surface area contributed by atoms with Gasteiger partial charge in [0, 0.05) is 35.5 Å². The molecule has 3 nitrogen and oxygen atoms in total. The van der Waals surface area contributed by atoms with Crippen LogP contribution in [0.1, 0.15) is 22.3 Å². The number of benzene rings is 2. The molecular formula is C21H21BrN2O. The molecule has 0 aliphatic rings. The average Bonchev–Trinajstić information content (AvgIpc) is 2.63. The number of rotatable bonds is 7. The maximum absolute atomic E-state index is 6.09. The van der Waals surface area contributed by atoms with Crippen molar-refractivity contribution in [3.05, 3.63) is 93.7 Å². The normalized spacial score (nSPS) is 10.6. The Morgan fingerprint density at radius 3 is 2.68 bits per heavy atom. The van der Waals surface area contributed by atoms with Crippen LogP contribution in [0, 0.1) is 6.92 Å². The van der Waals surface area contributed by atoms with Crippen LogP contribution in [-0.4, -0.2) is 4.98 Å². The molecule has 3 aromatic rings. The monoisotopic (exact) mass is 396 g/mol. The molecule has 25 heavy (non-hydrogen) atoms. The van der Waals surface area contributed by atoms with Crippen LogP contribution in [0.15, 0.2) is 71.5 Å². The molecule has 0 aliphatic heterocycles.